The van der Waals surface area contributed by atoms with Crippen molar-refractivity contribution in [2.75, 3.05) is 13.2 Å². The minimum absolute atomic E-state index is 0.143. The zero-order chi connectivity index (χ0) is 11.5. The second kappa shape index (κ2) is 4.85. The van der Waals surface area contributed by atoms with E-state index in [0.29, 0.717) is 6.61 Å². The van der Waals surface area contributed by atoms with Crippen LogP contribution in [0, 0.1) is 5.92 Å². The van der Waals surface area contributed by atoms with Crippen molar-refractivity contribution in [1.82, 2.24) is 0 Å². The molecule has 0 heterocycles. The summed E-state index contributed by atoms with van der Waals surface area (Å²) in [6.07, 6.45) is 1.43. The molecule has 0 amide bonds. The van der Waals surface area contributed by atoms with E-state index in [4.69, 9.17) is 9.84 Å². The summed E-state index contributed by atoms with van der Waals surface area (Å²) in [4.78, 5) is 0. The molecular weight excluding hydrogens is 204 g/mol. The number of benzene rings is 1. The molecule has 2 atom stereocenters. The van der Waals surface area contributed by atoms with Crippen LogP contribution in [0.5, 0.6) is 5.75 Å². The zero-order valence-electron chi connectivity index (χ0n) is 9.52. The summed E-state index contributed by atoms with van der Waals surface area (Å²) in [7, 11) is 0. The van der Waals surface area contributed by atoms with Gasteiger partial charge in [-0.05, 0) is 36.1 Å². The molecule has 1 aliphatic carbocycles. The lowest BCUT2D eigenvalue weighted by atomic mass is 10.1. The maximum atomic E-state index is 9.65. The summed E-state index contributed by atoms with van der Waals surface area (Å²) in [5, 5.41) is 18.5. The van der Waals surface area contributed by atoms with E-state index in [1.807, 2.05) is 25.1 Å². The van der Waals surface area contributed by atoms with E-state index >= 15 is 0 Å². The summed E-state index contributed by atoms with van der Waals surface area (Å²) in [5.74, 6) is 0.979. The van der Waals surface area contributed by atoms with Gasteiger partial charge in [0, 0.05) is 12.5 Å². The quantitative estimate of drug-likeness (QED) is 0.814. The third kappa shape index (κ3) is 2.36. The Morgan fingerprint density at radius 2 is 2.31 bits per heavy atom. The van der Waals surface area contributed by atoms with Crippen LogP contribution in [-0.4, -0.2) is 23.4 Å². The number of hydrogen-bond acceptors (Lipinski definition) is 3. The standard InChI is InChI=1S/C13H18O3/c1-9(7-14)8-16-11-3-4-12-10(6-11)2-5-13(12)15/h3-4,6,9,13-15H,2,5,7-8H2,1H3. The third-order valence-corrected chi connectivity index (χ3v) is 3.01. The Bertz CT molecular complexity index is 362. The summed E-state index contributed by atoms with van der Waals surface area (Å²) >= 11 is 0. The first-order valence-corrected chi connectivity index (χ1v) is 5.75. The van der Waals surface area contributed by atoms with Crippen molar-refractivity contribution in [3.05, 3.63) is 29.3 Å². The number of rotatable bonds is 4. The van der Waals surface area contributed by atoms with E-state index in [9.17, 15) is 5.11 Å². The van der Waals surface area contributed by atoms with Crippen LogP contribution in [0.4, 0.5) is 0 Å². The van der Waals surface area contributed by atoms with Crippen LogP contribution in [0.3, 0.4) is 0 Å². The van der Waals surface area contributed by atoms with Gasteiger partial charge in [0.25, 0.3) is 0 Å². The van der Waals surface area contributed by atoms with Gasteiger partial charge in [-0.15, -0.1) is 0 Å². The molecule has 2 N–H and O–H groups in total. The van der Waals surface area contributed by atoms with E-state index < -0.39 is 0 Å². The molecule has 88 valence electrons. The smallest absolute Gasteiger partial charge is 0.119 e. The molecule has 3 heteroatoms. The van der Waals surface area contributed by atoms with E-state index in [0.717, 1.165) is 24.2 Å². The second-order valence-electron chi connectivity index (χ2n) is 4.51. The highest BCUT2D eigenvalue weighted by Crippen LogP contribution is 2.33. The van der Waals surface area contributed by atoms with Crippen LogP contribution in [0.1, 0.15) is 30.6 Å². The van der Waals surface area contributed by atoms with Crippen LogP contribution >= 0.6 is 0 Å². The molecule has 0 fully saturated rings. The van der Waals surface area contributed by atoms with Crippen molar-refractivity contribution >= 4 is 0 Å². The minimum atomic E-state index is -0.305. The lowest BCUT2D eigenvalue weighted by molar-refractivity contribution is 0.174. The van der Waals surface area contributed by atoms with Gasteiger partial charge in [-0.1, -0.05) is 13.0 Å². The Balaban J connectivity index is 2.02. The zero-order valence-corrected chi connectivity index (χ0v) is 9.52. The van der Waals surface area contributed by atoms with Gasteiger partial charge in [-0.3, -0.25) is 0 Å². The number of aliphatic hydroxyl groups excluding tert-OH is 2. The van der Waals surface area contributed by atoms with E-state index in [1.54, 1.807) is 0 Å². The predicted octanol–water partition coefficient (Wildman–Crippen LogP) is 1.67. The fourth-order valence-electron chi connectivity index (χ4n) is 1.95. The fraction of sp³-hybridized carbons (Fsp3) is 0.538. The number of aryl methyl sites for hydroxylation is 1. The lowest BCUT2D eigenvalue weighted by Crippen LogP contribution is -2.12. The molecule has 1 aromatic carbocycles. The van der Waals surface area contributed by atoms with Gasteiger partial charge >= 0.3 is 0 Å². The fourth-order valence-corrected chi connectivity index (χ4v) is 1.95. The average molecular weight is 222 g/mol. The van der Waals surface area contributed by atoms with Crippen LogP contribution in [-0.2, 0) is 6.42 Å². The Morgan fingerprint density at radius 3 is 3.06 bits per heavy atom. The van der Waals surface area contributed by atoms with Gasteiger partial charge in [0.15, 0.2) is 0 Å². The van der Waals surface area contributed by atoms with Gasteiger partial charge in [0.2, 0.25) is 0 Å². The first-order chi connectivity index (χ1) is 7.70. The van der Waals surface area contributed by atoms with Crippen LogP contribution in [0.15, 0.2) is 18.2 Å². The SMILES string of the molecule is CC(CO)COc1ccc2c(c1)CCC2O. The van der Waals surface area contributed by atoms with Gasteiger partial charge < -0.3 is 14.9 Å². The van der Waals surface area contributed by atoms with Crippen molar-refractivity contribution < 1.29 is 14.9 Å². The molecule has 0 spiro atoms. The maximum Gasteiger partial charge on any atom is 0.119 e. The van der Waals surface area contributed by atoms with Gasteiger partial charge in [-0.2, -0.15) is 0 Å². The molecule has 2 unspecified atom stereocenters. The molecule has 1 aromatic rings. The van der Waals surface area contributed by atoms with E-state index in [-0.39, 0.29) is 18.6 Å². The van der Waals surface area contributed by atoms with E-state index in [2.05, 4.69) is 0 Å². The number of fused-ring (bicyclic) bond motifs is 1. The molecule has 0 bridgehead atoms. The summed E-state index contributed by atoms with van der Waals surface area (Å²) in [6.45, 7) is 2.61. The maximum absolute atomic E-state index is 9.65. The van der Waals surface area contributed by atoms with Gasteiger partial charge in [0.1, 0.15) is 5.75 Å². The van der Waals surface area contributed by atoms with Crippen molar-refractivity contribution in [2.45, 2.75) is 25.9 Å². The highest BCUT2D eigenvalue weighted by molar-refractivity contribution is 5.39. The van der Waals surface area contributed by atoms with Crippen molar-refractivity contribution in [3.8, 4) is 5.75 Å². The third-order valence-electron chi connectivity index (χ3n) is 3.01. The minimum Gasteiger partial charge on any atom is -0.493 e. The topological polar surface area (TPSA) is 49.7 Å². The molecule has 0 aliphatic heterocycles. The highest BCUT2D eigenvalue weighted by Gasteiger charge is 2.20. The lowest BCUT2D eigenvalue weighted by Gasteiger charge is -2.12. The Hall–Kier alpha value is -1.06. The second-order valence-corrected chi connectivity index (χ2v) is 4.51. The molecule has 1 aliphatic rings. The van der Waals surface area contributed by atoms with Crippen molar-refractivity contribution in [3.63, 3.8) is 0 Å². The van der Waals surface area contributed by atoms with E-state index in [1.165, 1.54) is 5.56 Å². The molecule has 3 nitrogen and oxygen atoms in total. The average Bonchev–Trinajstić information content (AvgIpc) is 2.67. The summed E-state index contributed by atoms with van der Waals surface area (Å²) in [5.41, 5.74) is 2.21. The number of ether oxygens (including phenoxy) is 1. The van der Waals surface area contributed by atoms with Crippen LogP contribution < -0.4 is 4.74 Å². The Labute approximate surface area is 95.7 Å². The molecule has 0 radical (unpaired) electrons. The summed E-state index contributed by atoms with van der Waals surface area (Å²) in [6, 6.07) is 5.82. The van der Waals surface area contributed by atoms with Crippen LogP contribution in [0.25, 0.3) is 0 Å². The molecule has 0 saturated heterocycles. The summed E-state index contributed by atoms with van der Waals surface area (Å²) < 4.78 is 5.58. The first kappa shape index (κ1) is 11.4. The largest absolute Gasteiger partial charge is 0.493 e. The first-order valence-electron chi connectivity index (χ1n) is 5.75. The normalized spacial score (nSPS) is 20.6. The van der Waals surface area contributed by atoms with Gasteiger partial charge in [0.05, 0.1) is 12.7 Å². The monoisotopic (exact) mass is 222 g/mol. The van der Waals surface area contributed by atoms with Gasteiger partial charge in [-0.25, -0.2) is 0 Å². The molecule has 0 saturated carbocycles. The molecule has 2 rings (SSSR count). The van der Waals surface area contributed by atoms with Crippen LogP contribution in [0.2, 0.25) is 0 Å². The highest BCUT2D eigenvalue weighted by atomic mass is 16.5. The van der Waals surface area contributed by atoms with Crippen molar-refractivity contribution in [1.29, 1.82) is 0 Å². The van der Waals surface area contributed by atoms with Crippen molar-refractivity contribution in [2.24, 2.45) is 5.92 Å². The Morgan fingerprint density at radius 1 is 1.50 bits per heavy atom. The number of aliphatic hydroxyl groups is 2. The predicted molar refractivity (Wildman–Crippen MR) is 61.5 cm³/mol. The molecular formula is C13H18O3. The molecule has 0 aromatic heterocycles. The Kier molecular flexibility index (Phi) is 3.46. The number of hydrogen-bond donors (Lipinski definition) is 2. The molecule has 16 heavy (non-hydrogen) atoms.